The summed E-state index contributed by atoms with van der Waals surface area (Å²) in [4.78, 5) is 22.3. The van der Waals surface area contributed by atoms with Gasteiger partial charge in [0.1, 0.15) is 6.10 Å². The number of hydrogen-bond acceptors (Lipinski definition) is 3. The molecule has 3 aliphatic rings. The second-order valence-corrected chi connectivity index (χ2v) is 8.03. The maximum atomic E-state index is 11.4. The summed E-state index contributed by atoms with van der Waals surface area (Å²) < 4.78 is 5.62. The molecule has 0 heterocycles. The Bertz CT molecular complexity index is 460. The Morgan fingerprint density at radius 3 is 2.64 bits per heavy atom. The third-order valence-electron chi connectivity index (χ3n) is 6.81. The minimum Gasteiger partial charge on any atom is -0.481 e. The molecule has 0 aromatic heterocycles. The van der Waals surface area contributed by atoms with Crippen LogP contribution in [-0.4, -0.2) is 23.1 Å². The normalized spacial score (nSPS) is 44.0. The topological polar surface area (TPSA) is 63.6 Å². The number of hydrogen-bond donors (Lipinski definition) is 1. The van der Waals surface area contributed by atoms with Gasteiger partial charge in [0, 0.05) is 18.8 Å². The molecule has 0 saturated heterocycles. The number of rotatable bonds is 3. The highest BCUT2D eigenvalue weighted by molar-refractivity contribution is 5.67. The second kappa shape index (κ2) is 5.86. The van der Waals surface area contributed by atoms with Gasteiger partial charge >= 0.3 is 11.9 Å². The van der Waals surface area contributed by atoms with Crippen LogP contribution >= 0.6 is 0 Å². The zero-order chi connectivity index (χ0) is 15.9. The molecule has 22 heavy (non-hydrogen) atoms. The lowest BCUT2D eigenvalue weighted by atomic mass is 9.55. The van der Waals surface area contributed by atoms with E-state index in [9.17, 15) is 9.59 Å². The van der Waals surface area contributed by atoms with E-state index in [0.717, 1.165) is 32.1 Å². The lowest BCUT2D eigenvalue weighted by Crippen LogP contribution is -2.46. The van der Waals surface area contributed by atoms with E-state index in [1.165, 1.54) is 19.8 Å². The Morgan fingerprint density at radius 2 is 1.95 bits per heavy atom. The number of carbonyl (C=O) groups is 2. The highest BCUT2D eigenvalue weighted by Crippen LogP contribution is 2.60. The Morgan fingerprint density at radius 1 is 1.18 bits per heavy atom. The van der Waals surface area contributed by atoms with Crippen molar-refractivity contribution in [2.75, 3.05) is 0 Å². The summed E-state index contributed by atoms with van der Waals surface area (Å²) in [5.41, 5.74) is 0.145. The molecule has 0 amide bonds. The predicted molar refractivity (Wildman–Crippen MR) is 82.2 cm³/mol. The van der Waals surface area contributed by atoms with Crippen LogP contribution in [0.3, 0.4) is 0 Å². The monoisotopic (exact) mass is 308 g/mol. The average Bonchev–Trinajstić information content (AvgIpc) is 2.75. The van der Waals surface area contributed by atoms with Gasteiger partial charge in [-0.2, -0.15) is 0 Å². The van der Waals surface area contributed by atoms with Crippen molar-refractivity contribution in [3.8, 4) is 0 Å². The van der Waals surface area contributed by atoms with Crippen molar-refractivity contribution in [1.29, 1.82) is 0 Å². The van der Waals surface area contributed by atoms with Crippen LogP contribution in [-0.2, 0) is 14.3 Å². The van der Waals surface area contributed by atoms with E-state index in [1.54, 1.807) is 0 Å². The van der Waals surface area contributed by atoms with Gasteiger partial charge in [-0.15, -0.1) is 0 Å². The molecule has 0 radical (unpaired) electrons. The molecule has 3 rings (SSSR count). The van der Waals surface area contributed by atoms with Gasteiger partial charge in [0.25, 0.3) is 0 Å². The van der Waals surface area contributed by atoms with E-state index in [1.807, 2.05) is 0 Å². The van der Waals surface area contributed by atoms with E-state index < -0.39 is 5.97 Å². The predicted octanol–water partition coefficient (Wildman–Crippen LogP) is 3.64. The van der Waals surface area contributed by atoms with Crippen LogP contribution in [0, 0.1) is 29.1 Å². The molecule has 1 N–H and O–H groups in total. The Hall–Kier alpha value is -1.06. The van der Waals surface area contributed by atoms with E-state index in [0.29, 0.717) is 30.1 Å². The quantitative estimate of drug-likeness (QED) is 0.809. The maximum Gasteiger partial charge on any atom is 0.303 e. The summed E-state index contributed by atoms with van der Waals surface area (Å²) in [7, 11) is 0. The Kier molecular flexibility index (Phi) is 4.21. The molecule has 3 saturated carbocycles. The molecular weight excluding hydrogens is 280 g/mol. The zero-order valence-corrected chi connectivity index (χ0v) is 13.7. The van der Waals surface area contributed by atoms with Crippen LogP contribution < -0.4 is 0 Å². The fourth-order valence-electron chi connectivity index (χ4n) is 5.85. The third-order valence-corrected chi connectivity index (χ3v) is 6.81. The van der Waals surface area contributed by atoms with Crippen LogP contribution in [0.1, 0.15) is 65.2 Å². The number of ether oxygens (including phenoxy) is 1. The first-order chi connectivity index (χ1) is 10.4. The maximum absolute atomic E-state index is 11.4. The van der Waals surface area contributed by atoms with Crippen molar-refractivity contribution in [2.45, 2.75) is 71.3 Å². The van der Waals surface area contributed by atoms with E-state index in [-0.39, 0.29) is 17.5 Å². The zero-order valence-electron chi connectivity index (χ0n) is 13.7. The van der Waals surface area contributed by atoms with Crippen molar-refractivity contribution >= 4 is 11.9 Å². The molecule has 0 spiro atoms. The number of carbonyl (C=O) groups excluding carboxylic acids is 1. The van der Waals surface area contributed by atoms with Gasteiger partial charge in [0.15, 0.2) is 0 Å². The highest BCUT2D eigenvalue weighted by Gasteiger charge is 2.55. The first-order valence-electron chi connectivity index (χ1n) is 8.79. The van der Waals surface area contributed by atoms with Crippen molar-refractivity contribution in [3.63, 3.8) is 0 Å². The molecule has 124 valence electrons. The van der Waals surface area contributed by atoms with Gasteiger partial charge in [-0.1, -0.05) is 6.92 Å². The van der Waals surface area contributed by atoms with Gasteiger partial charge in [0.05, 0.1) is 0 Å². The third kappa shape index (κ3) is 2.77. The average molecular weight is 308 g/mol. The minimum absolute atomic E-state index is 0.0905. The summed E-state index contributed by atoms with van der Waals surface area (Å²) in [6.45, 7) is 3.83. The number of carboxylic acid groups (broad SMARTS) is 1. The summed E-state index contributed by atoms with van der Waals surface area (Å²) in [5, 5.41) is 9.02. The minimum atomic E-state index is -0.653. The number of aliphatic carboxylic acids is 1. The van der Waals surface area contributed by atoms with Gasteiger partial charge in [-0.3, -0.25) is 9.59 Å². The SMILES string of the molecule is CC(=O)O[C@H]1CC[C@H]2[C@@H]3CC[C@@H](CC(=O)O)C[C@H]3CC[C@]12C. The van der Waals surface area contributed by atoms with E-state index >= 15 is 0 Å². The summed E-state index contributed by atoms with van der Waals surface area (Å²) in [6.07, 6.45) is 8.19. The largest absolute Gasteiger partial charge is 0.481 e. The molecule has 0 aliphatic heterocycles. The smallest absolute Gasteiger partial charge is 0.303 e. The van der Waals surface area contributed by atoms with Crippen molar-refractivity contribution in [1.82, 2.24) is 0 Å². The Balaban J connectivity index is 1.69. The van der Waals surface area contributed by atoms with Crippen molar-refractivity contribution < 1.29 is 19.4 Å². The lowest BCUT2D eigenvalue weighted by molar-refractivity contribution is -0.156. The molecule has 6 atom stereocenters. The van der Waals surface area contributed by atoms with Gasteiger partial charge in [-0.05, 0) is 68.6 Å². The fourth-order valence-corrected chi connectivity index (χ4v) is 5.85. The number of fused-ring (bicyclic) bond motifs is 3. The first kappa shape index (κ1) is 15.8. The van der Waals surface area contributed by atoms with Crippen LogP contribution in [0.5, 0.6) is 0 Å². The van der Waals surface area contributed by atoms with Crippen LogP contribution in [0.25, 0.3) is 0 Å². The van der Waals surface area contributed by atoms with Crippen molar-refractivity contribution in [3.05, 3.63) is 0 Å². The molecule has 3 aliphatic carbocycles. The second-order valence-electron chi connectivity index (χ2n) is 8.03. The van der Waals surface area contributed by atoms with Crippen LogP contribution in [0.2, 0.25) is 0 Å². The molecule has 0 unspecified atom stereocenters. The summed E-state index contributed by atoms with van der Waals surface area (Å²) >= 11 is 0. The van der Waals surface area contributed by atoms with Crippen LogP contribution in [0.4, 0.5) is 0 Å². The number of carboxylic acids is 1. The van der Waals surface area contributed by atoms with Crippen LogP contribution in [0.15, 0.2) is 0 Å². The summed E-state index contributed by atoms with van der Waals surface area (Å²) in [5.74, 6) is 1.62. The lowest BCUT2D eigenvalue weighted by Gasteiger charge is -2.51. The summed E-state index contributed by atoms with van der Waals surface area (Å²) in [6, 6.07) is 0. The molecule has 4 nitrogen and oxygen atoms in total. The van der Waals surface area contributed by atoms with E-state index in [4.69, 9.17) is 9.84 Å². The van der Waals surface area contributed by atoms with Gasteiger partial charge in [0.2, 0.25) is 0 Å². The standard InChI is InChI=1S/C18H28O4/c1-11(19)22-16-6-5-15-14-4-3-12(10-17(20)21)9-13(14)7-8-18(15,16)2/h12-16H,3-10H2,1-2H3,(H,20,21)/t12-,13-,14-,15+,16+,18+/m1/s1. The highest BCUT2D eigenvalue weighted by atomic mass is 16.5. The molecule has 0 aromatic carbocycles. The first-order valence-corrected chi connectivity index (χ1v) is 8.79. The molecule has 4 heteroatoms. The van der Waals surface area contributed by atoms with Gasteiger partial charge in [-0.25, -0.2) is 0 Å². The number of esters is 1. The fraction of sp³-hybridized carbons (Fsp3) is 0.889. The molecule has 0 bridgehead atoms. The van der Waals surface area contributed by atoms with Crippen molar-refractivity contribution in [2.24, 2.45) is 29.1 Å². The van der Waals surface area contributed by atoms with Gasteiger partial charge < -0.3 is 9.84 Å². The van der Waals surface area contributed by atoms with E-state index in [2.05, 4.69) is 6.92 Å². The molecule has 0 aromatic rings. The molecular formula is C18H28O4. The molecule has 3 fully saturated rings. The Labute approximate surface area is 132 Å².